The molecule has 0 saturated heterocycles. The molecular weight excluding hydrogens is 239 g/mol. The van der Waals surface area contributed by atoms with Crippen LogP contribution in [-0.2, 0) is 9.53 Å². The minimum atomic E-state index is -0.217. The highest BCUT2D eigenvalue weighted by atomic mass is 32.2. The van der Waals surface area contributed by atoms with E-state index in [4.69, 9.17) is 4.74 Å². The average Bonchev–Trinajstić information content (AvgIpc) is 2.30. The van der Waals surface area contributed by atoms with Gasteiger partial charge in [-0.05, 0) is 30.9 Å². The van der Waals surface area contributed by atoms with E-state index in [2.05, 4.69) is 13.8 Å². The normalized spacial score (nSPS) is 12.8. The fourth-order valence-corrected chi connectivity index (χ4v) is 2.98. The molecule has 4 heteroatoms. The third kappa shape index (κ3) is 9.45. The Labute approximate surface area is 109 Å². The molecule has 1 atom stereocenters. The van der Waals surface area contributed by atoms with Gasteiger partial charge in [-0.2, -0.15) is 0 Å². The van der Waals surface area contributed by atoms with Gasteiger partial charge in [0.1, 0.15) is 5.25 Å². The number of hydrogen-bond acceptors (Lipinski definition) is 3. The predicted molar refractivity (Wildman–Crippen MR) is 72.2 cm³/mol. The zero-order chi connectivity index (χ0) is 13.1. The number of alkyl halides is 1. The van der Waals surface area contributed by atoms with Crippen LogP contribution >= 0.6 is 11.8 Å². The van der Waals surface area contributed by atoms with Crippen LogP contribution in [0.15, 0.2) is 0 Å². The van der Waals surface area contributed by atoms with Crippen molar-refractivity contribution in [2.75, 3.05) is 19.5 Å². The number of ether oxygens (including phenoxy) is 1. The summed E-state index contributed by atoms with van der Waals surface area (Å²) < 4.78 is 16.7. The number of halogens is 1. The Morgan fingerprint density at radius 2 is 1.88 bits per heavy atom. The van der Waals surface area contributed by atoms with Crippen LogP contribution in [0.5, 0.6) is 0 Å². The van der Waals surface area contributed by atoms with Crippen LogP contribution in [0.3, 0.4) is 0 Å². The molecule has 1 unspecified atom stereocenters. The van der Waals surface area contributed by atoms with Crippen LogP contribution in [0.25, 0.3) is 0 Å². The summed E-state index contributed by atoms with van der Waals surface area (Å²) in [6, 6.07) is 0. The van der Waals surface area contributed by atoms with Crippen molar-refractivity contribution in [3.63, 3.8) is 0 Å². The number of rotatable bonds is 10. The Kier molecular flexibility index (Phi) is 10.7. The number of methoxy groups -OCH3 is 1. The first kappa shape index (κ1) is 16.8. The molecule has 2 nitrogen and oxygen atoms in total. The molecule has 0 amide bonds. The Hall–Kier alpha value is -0.250. The van der Waals surface area contributed by atoms with Gasteiger partial charge in [-0.3, -0.25) is 9.18 Å². The predicted octanol–water partition coefficient (Wildman–Crippen LogP) is 3.84. The van der Waals surface area contributed by atoms with Crippen molar-refractivity contribution in [3.8, 4) is 0 Å². The van der Waals surface area contributed by atoms with E-state index in [0.717, 1.165) is 31.4 Å². The van der Waals surface area contributed by atoms with E-state index in [0.29, 0.717) is 12.3 Å². The Morgan fingerprint density at radius 1 is 1.24 bits per heavy atom. The summed E-state index contributed by atoms with van der Waals surface area (Å²) >= 11 is 1.67. The van der Waals surface area contributed by atoms with Gasteiger partial charge in [0.25, 0.3) is 0 Å². The van der Waals surface area contributed by atoms with Crippen molar-refractivity contribution in [2.45, 2.75) is 51.2 Å². The molecule has 0 bridgehead atoms. The van der Waals surface area contributed by atoms with Crippen LogP contribution in [0.1, 0.15) is 46.0 Å². The fraction of sp³-hybridized carbons (Fsp3) is 0.923. The second-order valence-corrected chi connectivity index (χ2v) is 5.93. The van der Waals surface area contributed by atoms with Crippen molar-refractivity contribution in [1.82, 2.24) is 0 Å². The van der Waals surface area contributed by atoms with Crippen LogP contribution in [0.4, 0.5) is 4.39 Å². The van der Waals surface area contributed by atoms with Crippen molar-refractivity contribution in [3.05, 3.63) is 0 Å². The first-order valence-electron chi connectivity index (χ1n) is 6.37. The summed E-state index contributed by atoms with van der Waals surface area (Å²) in [5.74, 6) is 1.34. The largest absolute Gasteiger partial charge is 0.468 e. The van der Waals surface area contributed by atoms with Gasteiger partial charge in [-0.1, -0.05) is 26.7 Å². The Morgan fingerprint density at radius 3 is 2.41 bits per heavy atom. The van der Waals surface area contributed by atoms with E-state index in [1.807, 2.05) is 0 Å². The summed E-state index contributed by atoms with van der Waals surface area (Å²) in [4.78, 5) is 11.5. The molecule has 0 spiro atoms. The SMILES string of the molecule is COC(=O)C(CC(C)C)SCCCCCCF. The maximum absolute atomic E-state index is 11.9. The summed E-state index contributed by atoms with van der Waals surface area (Å²) in [5.41, 5.74) is 0. The summed E-state index contributed by atoms with van der Waals surface area (Å²) in [6.07, 6.45) is 4.58. The van der Waals surface area contributed by atoms with Crippen LogP contribution in [-0.4, -0.2) is 30.8 Å². The molecule has 0 N–H and O–H groups in total. The van der Waals surface area contributed by atoms with E-state index in [1.54, 1.807) is 11.8 Å². The van der Waals surface area contributed by atoms with Crippen LogP contribution in [0.2, 0.25) is 0 Å². The number of hydrogen-bond donors (Lipinski definition) is 0. The van der Waals surface area contributed by atoms with Crippen molar-refractivity contribution in [2.24, 2.45) is 5.92 Å². The standard InChI is InChI=1S/C13H25FO2S/c1-11(2)10-12(13(15)16-3)17-9-7-5-4-6-8-14/h11-12H,4-10H2,1-3H3. The van der Waals surface area contributed by atoms with Gasteiger partial charge in [-0.15, -0.1) is 11.8 Å². The molecule has 0 aliphatic carbocycles. The lowest BCUT2D eigenvalue weighted by molar-refractivity contribution is -0.140. The minimum Gasteiger partial charge on any atom is -0.468 e. The molecule has 102 valence electrons. The van der Waals surface area contributed by atoms with E-state index in [1.165, 1.54) is 7.11 Å². The average molecular weight is 264 g/mol. The monoisotopic (exact) mass is 264 g/mol. The zero-order valence-electron chi connectivity index (χ0n) is 11.2. The summed E-state index contributed by atoms with van der Waals surface area (Å²) in [5, 5.41) is -0.0406. The maximum Gasteiger partial charge on any atom is 0.318 e. The van der Waals surface area contributed by atoms with E-state index < -0.39 is 0 Å². The van der Waals surface area contributed by atoms with Gasteiger partial charge in [-0.25, -0.2) is 0 Å². The topological polar surface area (TPSA) is 26.3 Å². The molecule has 0 radical (unpaired) electrons. The second-order valence-electron chi connectivity index (χ2n) is 4.62. The first-order chi connectivity index (χ1) is 8.11. The number of carbonyl (C=O) groups excluding carboxylic acids is 1. The summed E-state index contributed by atoms with van der Waals surface area (Å²) in [6.45, 7) is 4.00. The third-order valence-electron chi connectivity index (χ3n) is 2.50. The van der Waals surface area contributed by atoms with Gasteiger partial charge in [0.2, 0.25) is 0 Å². The van der Waals surface area contributed by atoms with Crippen molar-refractivity contribution in [1.29, 1.82) is 0 Å². The molecule has 0 saturated carbocycles. The zero-order valence-corrected chi connectivity index (χ0v) is 12.0. The van der Waals surface area contributed by atoms with Gasteiger partial charge < -0.3 is 4.74 Å². The lowest BCUT2D eigenvalue weighted by atomic mass is 10.1. The molecule has 17 heavy (non-hydrogen) atoms. The molecular formula is C13H25FO2S. The second kappa shape index (κ2) is 10.9. The van der Waals surface area contributed by atoms with Crippen molar-refractivity contribution < 1.29 is 13.9 Å². The number of carbonyl (C=O) groups is 1. The first-order valence-corrected chi connectivity index (χ1v) is 7.42. The fourth-order valence-electron chi connectivity index (χ4n) is 1.57. The molecule has 0 aliphatic heterocycles. The Bertz CT molecular complexity index is 198. The molecule has 0 heterocycles. The summed E-state index contributed by atoms with van der Waals surface area (Å²) in [7, 11) is 1.44. The number of thioether (sulfide) groups is 1. The smallest absolute Gasteiger partial charge is 0.318 e. The highest BCUT2D eigenvalue weighted by molar-refractivity contribution is 8.00. The van der Waals surface area contributed by atoms with E-state index in [-0.39, 0.29) is 17.9 Å². The molecule has 0 rings (SSSR count). The lowest BCUT2D eigenvalue weighted by Crippen LogP contribution is -2.21. The number of esters is 1. The van der Waals surface area contributed by atoms with Crippen LogP contribution in [0, 0.1) is 5.92 Å². The van der Waals surface area contributed by atoms with Gasteiger partial charge in [0.15, 0.2) is 0 Å². The van der Waals surface area contributed by atoms with Gasteiger partial charge >= 0.3 is 5.97 Å². The molecule has 0 fully saturated rings. The Balaban J connectivity index is 3.72. The highest BCUT2D eigenvalue weighted by Gasteiger charge is 2.20. The van der Waals surface area contributed by atoms with Gasteiger partial charge in [0, 0.05) is 0 Å². The third-order valence-corrected chi connectivity index (χ3v) is 3.81. The van der Waals surface area contributed by atoms with Crippen LogP contribution < -0.4 is 0 Å². The minimum absolute atomic E-state index is 0.0406. The molecule has 0 aliphatic rings. The quantitative estimate of drug-likeness (QED) is 0.443. The maximum atomic E-state index is 11.9. The van der Waals surface area contributed by atoms with Crippen molar-refractivity contribution >= 4 is 17.7 Å². The molecule has 0 aromatic carbocycles. The van der Waals surface area contributed by atoms with E-state index >= 15 is 0 Å². The number of unbranched alkanes of at least 4 members (excludes halogenated alkanes) is 3. The highest BCUT2D eigenvalue weighted by Crippen LogP contribution is 2.22. The van der Waals surface area contributed by atoms with Gasteiger partial charge in [0.05, 0.1) is 13.8 Å². The van der Waals surface area contributed by atoms with E-state index in [9.17, 15) is 9.18 Å². The molecule has 0 aromatic heterocycles. The lowest BCUT2D eigenvalue weighted by Gasteiger charge is -2.16. The molecule has 0 aromatic rings.